The van der Waals surface area contributed by atoms with Crippen LogP contribution in [0.15, 0.2) is 18.2 Å². The molecule has 0 aliphatic rings. The SMILES string of the molecule is CC(C)(CNc1cc([N+](=O)[O-])ccc1C(=O)O)S(C)(=O)=O. The van der Waals surface area contributed by atoms with Gasteiger partial charge in [-0.15, -0.1) is 0 Å². The zero-order valence-corrected chi connectivity index (χ0v) is 12.6. The first-order chi connectivity index (χ1) is 9.45. The fourth-order valence-electron chi connectivity index (χ4n) is 1.42. The van der Waals surface area contributed by atoms with Crippen LogP contribution in [-0.2, 0) is 9.84 Å². The number of hydrogen-bond donors (Lipinski definition) is 2. The molecule has 9 heteroatoms. The second-order valence-electron chi connectivity index (χ2n) is 5.18. The van der Waals surface area contributed by atoms with Crippen LogP contribution >= 0.6 is 0 Å². The number of nitrogens with zero attached hydrogens (tertiary/aromatic N) is 1. The predicted octanol–water partition coefficient (Wildman–Crippen LogP) is 1.53. The summed E-state index contributed by atoms with van der Waals surface area (Å²) in [4.78, 5) is 21.2. The lowest BCUT2D eigenvalue weighted by molar-refractivity contribution is -0.384. The highest BCUT2D eigenvalue weighted by molar-refractivity contribution is 7.92. The summed E-state index contributed by atoms with van der Waals surface area (Å²) in [6.45, 7) is 2.88. The molecule has 0 bridgehead atoms. The van der Waals surface area contributed by atoms with Gasteiger partial charge >= 0.3 is 5.97 Å². The third kappa shape index (κ3) is 3.91. The van der Waals surface area contributed by atoms with Gasteiger partial charge in [0.25, 0.3) is 5.69 Å². The summed E-state index contributed by atoms with van der Waals surface area (Å²) in [6.07, 6.45) is 1.07. The fourth-order valence-corrected chi connectivity index (χ4v) is 1.75. The summed E-state index contributed by atoms with van der Waals surface area (Å²) in [7, 11) is -3.38. The normalized spacial score (nSPS) is 12.0. The molecule has 0 radical (unpaired) electrons. The van der Waals surface area contributed by atoms with E-state index < -0.39 is 25.5 Å². The molecule has 21 heavy (non-hydrogen) atoms. The highest BCUT2D eigenvalue weighted by Crippen LogP contribution is 2.24. The minimum Gasteiger partial charge on any atom is -0.478 e. The van der Waals surface area contributed by atoms with E-state index in [1.165, 1.54) is 13.8 Å². The number of anilines is 1. The van der Waals surface area contributed by atoms with Crippen molar-refractivity contribution in [3.63, 3.8) is 0 Å². The van der Waals surface area contributed by atoms with Crippen molar-refractivity contribution in [3.8, 4) is 0 Å². The molecule has 1 aromatic carbocycles. The molecule has 0 atom stereocenters. The minimum absolute atomic E-state index is 0.00780. The van der Waals surface area contributed by atoms with Crippen LogP contribution in [0.4, 0.5) is 11.4 Å². The first kappa shape index (κ1) is 16.9. The van der Waals surface area contributed by atoms with Gasteiger partial charge in [0.15, 0.2) is 9.84 Å². The first-order valence-corrected chi connectivity index (χ1v) is 7.80. The van der Waals surface area contributed by atoms with Crippen molar-refractivity contribution in [3.05, 3.63) is 33.9 Å². The second kappa shape index (κ2) is 5.68. The Morgan fingerprint density at radius 3 is 2.43 bits per heavy atom. The van der Waals surface area contributed by atoms with Gasteiger partial charge in [0.05, 0.1) is 20.9 Å². The van der Waals surface area contributed by atoms with Crippen molar-refractivity contribution >= 4 is 27.2 Å². The molecule has 0 heterocycles. The van der Waals surface area contributed by atoms with E-state index in [1.54, 1.807) is 0 Å². The van der Waals surface area contributed by atoms with Gasteiger partial charge in [0.2, 0.25) is 0 Å². The number of benzene rings is 1. The number of carbonyl (C=O) groups is 1. The lowest BCUT2D eigenvalue weighted by atomic mass is 10.1. The number of nitro benzene ring substituents is 1. The zero-order valence-electron chi connectivity index (χ0n) is 11.8. The van der Waals surface area contributed by atoms with Crippen LogP contribution in [0.5, 0.6) is 0 Å². The second-order valence-corrected chi connectivity index (χ2v) is 7.83. The Labute approximate surface area is 121 Å². The highest BCUT2D eigenvalue weighted by atomic mass is 32.2. The maximum Gasteiger partial charge on any atom is 0.337 e. The first-order valence-electron chi connectivity index (χ1n) is 5.91. The van der Waals surface area contributed by atoms with Gasteiger partial charge in [0.1, 0.15) is 0 Å². The Kier molecular flexibility index (Phi) is 4.57. The molecule has 116 valence electrons. The number of rotatable bonds is 6. The number of nitrogens with one attached hydrogen (secondary N) is 1. The van der Waals surface area contributed by atoms with E-state index in [0.29, 0.717) is 0 Å². The molecule has 0 fully saturated rings. The Hall–Kier alpha value is -2.16. The van der Waals surface area contributed by atoms with Gasteiger partial charge in [-0.25, -0.2) is 13.2 Å². The summed E-state index contributed by atoms with van der Waals surface area (Å²) in [5, 5.41) is 22.5. The van der Waals surface area contributed by atoms with E-state index >= 15 is 0 Å². The van der Waals surface area contributed by atoms with Crippen LogP contribution in [0.1, 0.15) is 24.2 Å². The van der Waals surface area contributed by atoms with Crippen LogP contribution in [0.25, 0.3) is 0 Å². The van der Waals surface area contributed by atoms with Crippen molar-refractivity contribution < 1.29 is 23.2 Å². The molecule has 2 N–H and O–H groups in total. The molecule has 1 aromatic rings. The van der Waals surface area contributed by atoms with Gasteiger partial charge < -0.3 is 10.4 Å². The van der Waals surface area contributed by atoms with Crippen molar-refractivity contribution in [1.82, 2.24) is 0 Å². The number of hydrogen-bond acceptors (Lipinski definition) is 6. The molecule has 0 aliphatic heterocycles. The average molecular weight is 316 g/mol. The number of nitro groups is 1. The number of aromatic carboxylic acids is 1. The summed E-state index contributed by atoms with van der Waals surface area (Å²) >= 11 is 0. The number of sulfone groups is 1. The summed E-state index contributed by atoms with van der Waals surface area (Å²) in [6, 6.07) is 3.26. The smallest absolute Gasteiger partial charge is 0.337 e. The highest BCUT2D eigenvalue weighted by Gasteiger charge is 2.30. The van der Waals surface area contributed by atoms with Crippen LogP contribution in [0.2, 0.25) is 0 Å². The van der Waals surface area contributed by atoms with Crippen LogP contribution < -0.4 is 5.32 Å². The largest absolute Gasteiger partial charge is 0.478 e. The van der Waals surface area contributed by atoms with E-state index in [9.17, 15) is 23.3 Å². The quantitative estimate of drug-likeness (QED) is 0.601. The molecule has 0 amide bonds. The standard InChI is InChI=1S/C12H16N2O6S/c1-12(2,21(3,19)20)7-13-10-6-8(14(17)18)4-5-9(10)11(15)16/h4-6,13H,7H2,1-3H3,(H,15,16). The van der Waals surface area contributed by atoms with Gasteiger partial charge in [-0.05, 0) is 19.9 Å². The van der Waals surface area contributed by atoms with Crippen molar-refractivity contribution in [2.24, 2.45) is 0 Å². The maximum absolute atomic E-state index is 11.6. The molecule has 0 saturated carbocycles. The average Bonchev–Trinajstić information content (AvgIpc) is 2.34. The third-order valence-corrected chi connectivity index (χ3v) is 5.30. The van der Waals surface area contributed by atoms with Crippen molar-refractivity contribution in [2.45, 2.75) is 18.6 Å². The molecule has 0 aliphatic carbocycles. The van der Waals surface area contributed by atoms with Crippen molar-refractivity contribution in [1.29, 1.82) is 0 Å². The minimum atomic E-state index is -3.38. The van der Waals surface area contributed by atoms with Crippen LogP contribution in [-0.4, -0.2) is 42.0 Å². The van der Waals surface area contributed by atoms with E-state index in [2.05, 4.69) is 5.32 Å². The lowest BCUT2D eigenvalue weighted by Crippen LogP contribution is -2.38. The molecule has 8 nitrogen and oxygen atoms in total. The van der Waals surface area contributed by atoms with Gasteiger partial charge in [-0.3, -0.25) is 10.1 Å². The van der Waals surface area contributed by atoms with Gasteiger partial charge in [0, 0.05) is 24.9 Å². The van der Waals surface area contributed by atoms with E-state index in [-0.39, 0.29) is 23.5 Å². The predicted molar refractivity (Wildman–Crippen MR) is 77.5 cm³/mol. The van der Waals surface area contributed by atoms with Gasteiger partial charge in [-0.2, -0.15) is 0 Å². The van der Waals surface area contributed by atoms with E-state index in [1.807, 2.05) is 0 Å². The molecular weight excluding hydrogens is 300 g/mol. The van der Waals surface area contributed by atoms with Gasteiger partial charge in [-0.1, -0.05) is 0 Å². The van der Waals surface area contributed by atoms with Crippen LogP contribution in [0.3, 0.4) is 0 Å². The number of carboxylic acids is 1. The zero-order chi connectivity index (χ0) is 16.4. The molecule has 1 rings (SSSR count). The monoisotopic (exact) mass is 316 g/mol. The Bertz CT molecular complexity index is 681. The lowest BCUT2D eigenvalue weighted by Gasteiger charge is -2.23. The van der Waals surface area contributed by atoms with Crippen LogP contribution in [0, 0.1) is 10.1 Å². The molecular formula is C12H16N2O6S. The third-order valence-electron chi connectivity index (χ3n) is 3.15. The summed E-state index contributed by atoms with van der Waals surface area (Å²) < 4.78 is 22.1. The fraction of sp³-hybridized carbons (Fsp3) is 0.417. The molecule has 0 spiro atoms. The Balaban J connectivity index is 3.14. The summed E-state index contributed by atoms with van der Waals surface area (Å²) in [5.41, 5.74) is -0.432. The Morgan fingerprint density at radius 2 is 2.00 bits per heavy atom. The Morgan fingerprint density at radius 1 is 1.43 bits per heavy atom. The number of non-ortho nitro benzene ring substituents is 1. The van der Waals surface area contributed by atoms with E-state index in [0.717, 1.165) is 24.5 Å². The molecule has 0 saturated heterocycles. The summed E-state index contributed by atoms with van der Waals surface area (Å²) in [5.74, 6) is -1.26. The number of carboxylic acid groups (broad SMARTS) is 1. The molecule has 0 aromatic heterocycles. The maximum atomic E-state index is 11.6. The molecule has 0 unspecified atom stereocenters. The topological polar surface area (TPSA) is 127 Å². The van der Waals surface area contributed by atoms with Crippen molar-refractivity contribution in [2.75, 3.05) is 18.1 Å². The van der Waals surface area contributed by atoms with E-state index in [4.69, 9.17) is 5.11 Å².